The molecule has 0 aromatic rings. The number of carbonyl (C=O) groups is 1. The van der Waals surface area contributed by atoms with Gasteiger partial charge in [-0.15, -0.1) is 12.4 Å². The van der Waals surface area contributed by atoms with E-state index < -0.39 is 6.09 Å². The summed E-state index contributed by atoms with van der Waals surface area (Å²) in [6, 6.07) is 0. The third-order valence-electron chi connectivity index (χ3n) is 0.395. The fourth-order valence-corrected chi connectivity index (χ4v) is 0.293. The second-order valence-electron chi connectivity index (χ2n) is 0.930. The van der Waals surface area contributed by atoms with Gasteiger partial charge >= 0.3 is 6.09 Å². The summed E-state index contributed by atoms with van der Waals surface area (Å²) in [4.78, 5) is 12.0. The zero-order chi connectivity index (χ0) is 6.41. The number of halogens is 2. The Morgan fingerprint density at radius 1 is 1.78 bits per heavy atom. The Bertz CT molecular complexity index is 139. The highest BCUT2D eigenvalue weighted by atomic mass is 79.9. The lowest BCUT2D eigenvalue weighted by Crippen LogP contribution is -2.20. The van der Waals surface area contributed by atoms with Crippen LogP contribution in [0.25, 0.3) is 0 Å². The molecule has 0 aliphatic heterocycles. The predicted octanol–water partition coefficient (Wildman–Crippen LogP) is 1.03. The van der Waals surface area contributed by atoms with E-state index in [4.69, 9.17) is 5.11 Å². The Kier molecular flexibility index (Phi) is 9.63. The Morgan fingerprint density at radius 3 is 2.67 bits per heavy atom. The van der Waals surface area contributed by atoms with Crippen LogP contribution in [0.1, 0.15) is 0 Å². The van der Waals surface area contributed by atoms with Gasteiger partial charge in [0.25, 0.3) is 0 Å². The molecule has 2 N–H and O–H groups in total. The molecule has 0 saturated carbocycles. The molecule has 52 valence electrons. The van der Waals surface area contributed by atoms with E-state index in [1.54, 1.807) is 0 Å². The van der Waals surface area contributed by atoms with Gasteiger partial charge < -0.3 is 10.4 Å². The minimum Gasteiger partial charge on any atom is -0.465 e. The summed E-state index contributed by atoms with van der Waals surface area (Å²) in [6.45, 7) is 0.167. The molecule has 0 aromatic carbocycles. The van der Waals surface area contributed by atoms with Gasteiger partial charge in [0.15, 0.2) is 0 Å². The van der Waals surface area contributed by atoms with Crippen LogP contribution in [-0.2, 0) is 0 Å². The number of rotatable bonds is 1. The van der Waals surface area contributed by atoms with Gasteiger partial charge in [-0.3, -0.25) is 0 Å². The van der Waals surface area contributed by atoms with Crippen LogP contribution in [0.15, 0.2) is 0 Å². The number of amides is 1. The first-order valence-corrected chi connectivity index (χ1v) is 2.62. The summed E-state index contributed by atoms with van der Waals surface area (Å²) >= 11 is 2.81. The van der Waals surface area contributed by atoms with E-state index in [0.29, 0.717) is 0 Å². The highest BCUT2D eigenvalue weighted by molar-refractivity contribution is 9.12. The van der Waals surface area contributed by atoms with Crippen LogP contribution in [-0.4, -0.2) is 17.7 Å². The third kappa shape index (κ3) is 11.3. The number of hydrogen-bond donors (Lipinski definition) is 2. The number of hydrogen-bond acceptors (Lipinski definition) is 1. The zero-order valence-electron chi connectivity index (χ0n) is 4.35. The number of nitrogens with one attached hydrogen (secondary N) is 1. The van der Waals surface area contributed by atoms with Crippen LogP contribution in [0, 0.1) is 10.8 Å². The van der Waals surface area contributed by atoms with Crippen molar-refractivity contribution >= 4 is 34.4 Å². The first-order valence-electron chi connectivity index (χ1n) is 1.82. The van der Waals surface area contributed by atoms with Crippen molar-refractivity contribution in [3.05, 3.63) is 0 Å². The normalized spacial score (nSPS) is 5.89. The molecule has 0 rings (SSSR count). The van der Waals surface area contributed by atoms with Crippen LogP contribution in [0.4, 0.5) is 4.79 Å². The summed E-state index contributed by atoms with van der Waals surface area (Å²) in [6.07, 6.45) is -1.06. The number of carboxylic acid groups (broad SMARTS) is 1. The average Bonchev–Trinajstić information content (AvgIpc) is 1.66. The second kappa shape index (κ2) is 7.60. The van der Waals surface area contributed by atoms with Crippen LogP contribution < -0.4 is 5.32 Å². The first-order chi connectivity index (χ1) is 3.77. The van der Waals surface area contributed by atoms with E-state index >= 15 is 0 Å². The lowest BCUT2D eigenvalue weighted by atomic mass is 10.7. The van der Waals surface area contributed by atoms with Crippen molar-refractivity contribution in [2.45, 2.75) is 0 Å². The standard InChI is InChI=1S/C4H4BrNO2.ClH/c5-2-1-3-6-4(7)8;/h6H,3H2,(H,7,8);1H. The van der Waals surface area contributed by atoms with Crippen LogP contribution in [0.5, 0.6) is 0 Å². The van der Waals surface area contributed by atoms with Crippen LogP contribution in [0.2, 0.25) is 0 Å². The van der Waals surface area contributed by atoms with Gasteiger partial charge in [0, 0.05) is 15.9 Å². The molecule has 5 heteroatoms. The highest BCUT2D eigenvalue weighted by Gasteiger charge is 1.85. The molecule has 0 spiro atoms. The Balaban J connectivity index is 0. The maximum absolute atomic E-state index is 9.68. The zero-order valence-corrected chi connectivity index (χ0v) is 6.75. The van der Waals surface area contributed by atoms with Crippen LogP contribution in [0.3, 0.4) is 0 Å². The molecule has 0 aliphatic carbocycles. The Hall–Kier alpha value is -0.400. The van der Waals surface area contributed by atoms with Gasteiger partial charge in [-0.2, -0.15) is 0 Å². The predicted molar refractivity (Wildman–Crippen MR) is 40.0 cm³/mol. The lowest BCUT2D eigenvalue weighted by Gasteiger charge is -1.87. The molecule has 3 nitrogen and oxygen atoms in total. The quantitative estimate of drug-likeness (QED) is 0.641. The molecular formula is C4H5BrClNO2. The fraction of sp³-hybridized carbons (Fsp3) is 0.250. The van der Waals surface area contributed by atoms with Gasteiger partial charge in [0.05, 0.1) is 6.54 Å². The molecule has 0 saturated heterocycles. The molecule has 0 fully saturated rings. The van der Waals surface area contributed by atoms with Crippen molar-refractivity contribution in [2.24, 2.45) is 0 Å². The average molecular weight is 214 g/mol. The summed E-state index contributed by atoms with van der Waals surface area (Å²) in [5.41, 5.74) is 0. The lowest BCUT2D eigenvalue weighted by molar-refractivity contribution is 0.196. The summed E-state index contributed by atoms with van der Waals surface area (Å²) in [5.74, 6) is 2.45. The SMILES string of the molecule is Cl.O=C(O)NCC#CBr. The molecule has 0 bridgehead atoms. The van der Waals surface area contributed by atoms with Crippen molar-refractivity contribution in [3.8, 4) is 10.8 Å². The second-order valence-corrected chi connectivity index (χ2v) is 1.33. The minimum atomic E-state index is -1.06. The molecule has 0 heterocycles. The molecule has 9 heavy (non-hydrogen) atoms. The van der Waals surface area contributed by atoms with Gasteiger partial charge in [-0.25, -0.2) is 4.79 Å². The van der Waals surface area contributed by atoms with E-state index in [0.717, 1.165) is 0 Å². The van der Waals surface area contributed by atoms with E-state index in [9.17, 15) is 4.79 Å². The van der Waals surface area contributed by atoms with Crippen molar-refractivity contribution in [3.63, 3.8) is 0 Å². The van der Waals surface area contributed by atoms with Gasteiger partial charge in [0.1, 0.15) is 0 Å². The third-order valence-corrected chi connectivity index (χ3v) is 0.675. The van der Waals surface area contributed by atoms with E-state index in [-0.39, 0.29) is 19.0 Å². The maximum atomic E-state index is 9.68. The molecular weight excluding hydrogens is 209 g/mol. The topological polar surface area (TPSA) is 49.3 Å². The fourth-order valence-electron chi connectivity index (χ4n) is 0.153. The molecule has 0 atom stereocenters. The first kappa shape index (κ1) is 11.4. The van der Waals surface area contributed by atoms with Gasteiger partial charge in [-0.1, -0.05) is 5.92 Å². The molecule has 0 aliphatic rings. The molecule has 0 unspecified atom stereocenters. The summed E-state index contributed by atoms with van der Waals surface area (Å²) in [5, 5.41) is 10.0. The summed E-state index contributed by atoms with van der Waals surface area (Å²) < 4.78 is 0. The highest BCUT2D eigenvalue weighted by Crippen LogP contribution is 1.66. The summed E-state index contributed by atoms with van der Waals surface area (Å²) in [7, 11) is 0. The minimum absolute atomic E-state index is 0. The molecule has 0 aromatic heterocycles. The Labute approximate surface area is 67.4 Å². The Morgan fingerprint density at radius 2 is 2.33 bits per heavy atom. The largest absolute Gasteiger partial charge is 0.465 e. The molecule has 0 radical (unpaired) electrons. The smallest absolute Gasteiger partial charge is 0.405 e. The van der Waals surface area contributed by atoms with E-state index in [1.165, 1.54) is 0 Å². The van der Waals surface area contributed by atoms with Crippen molar-refractivity contribution in [2.75, 3.05) is 6.54 Å². The van der Waals surface area contributed by atoms with Crippen molar-refractivity contribution in [1.29, 1.82) is 0 Å². The van der Waals surface area contributed by atoms with Crippen LogP contribution >= 0.6 is 28.3 Å². The van der Waals surface area contributed by atoms with Crippen molar-refractivity contribution in [1.82, 2.24) is 5.32 Å². The van der Waals surface area contributed by atoms with E-state index in [1.807, 2.05) is 0 Å². The molecule has 1 amide bonds. The van der Waals surface area contributed by atoms with Gasteiger partial charge in [0.2, 0.25) is 0 Å². The van der Waals surface area contributed by atoms with Gasteiger partial charge in [-0.05, 0) is 4.83 Å². The van der Waals surface area contributed by atoms with E-state index in [2.05, 4.69) is 32.0 Å². The monoisotopic (exact) mass is 213 g/mol. The van der Waals surface area contributed by atoms with Crippen molar-refractivity contribution < 1.29 is 9.90 Å². The maximum Gasteiger partial charge on any atom is 0.405 e.